The maximum absolute atomic E-state index is 10.8. The molecule has 1 atom stereocenters. The molecule has 1 unspecified atom stereocenters. The molecule has 66 valence electrons. The standard InChI is InChI=1S/C8H12N2O2/c11-8-3-9-10(5-8)4-7-1-2-12-6-7/h3,7H,1-2,4-6H2. The first-order valence-electron chi connectivity index (χ1n) is 4.24. The number of hydrogen-bond donors (Lipinski definition) is 0. The highest BCUT2D eigenvalue weighted by Gasteiger charge is 2.21. The molecule has 2 rings (SSSR count). The van der Waals surface area contributed by atoms with Crippen LogP contribution in [0.25, 0.3) is 0 Å². The van der Waals surface area contributed by atoms with E-state index < -0.39 is 0 Å². The van der Waals surface area contributed by atoms with E-state index in [1.807, 2.05) is 5.01 Å². The monoisotopic (exact) mass is 168 g/mol. The van der Waals surface area contributed by atoms with Crippen LogP contribution in [-0.2, 0) is 9.53 Å². The van der Waals surface area contributed by atoms with E-state index in [9.17, 15) is 4.79 Å². The summed E-state index contributed by atoms with van der Waals surface area (Å²) in [5, 5.41) is 5.80. The van der Waals surface area contributed by atoms with Crippen LogP contribution >= 0.6 is 0 Å². The molecule has 2 heterocycles. The first-order chi connectivity index (χ1) is 5.84. The molecule has 0 aromatic rings. The van der Waals surface area contributed by atoms with E-state index in [0.29, 0.717) is 12.5 Å². The van der Waals surface area contributed by atoms with E-state index >= 15 is 0 Å². The van der Waals surface area contributed by atoms with Gasteiger partial charge in [-0.25, -0.2) is 0 Å². The fourth-order valence-corrected chi connectivity index (χ4v) is 1.54. The van der Waals surface area contributed by atoms with Crippen molar-refractivity contribution < 1.29 is 9.53 Å². The van der Waals surface area contributed by atoms with Crippen LogP contribution in [0.1, 0.15) is 6.42 Å². The van der Waals surface area contributed by atoms with E-state index in [1.54, 1.807) is 0 Å². The first kappa shape index (κ1) is 7.73. The highest BCUT2D eigenvalue weighted by molar-refractivity contribution is 6.29. The molecule has 0 bridgehead atoms. The van der Waals surface area contributed by atoms with Crippen molar-refractivity contribution in [1.82, 2.24) is 5.01 Å². The number of hydrogen-bond acceptors (Lipinski definition) is 4. The van der Waals surface area contributed by atoms with Crippen molar-refractivity contribution in [3.05, 3.63) is 0 Å². The van der Waals surface area contributed by atoms with Crippen LogP contribution < -0.4 is 0 Å². The fourth-order valence-electron chi connectivity index (χ4n) is 1.54. The van der Waals surface area contributed by atoms with Crippen molar-refractivity contribution in [3.8, 4) is 0 Å². The van der Waals surface area contributed by atoms with Gasteiger partial charge in [0.15, 0.2) is 5.78 Å². The second kappa shape index (κ2) is 3.23. The number of nitrogens with zero attached hydrogens (tertiary/aromatic N) is 2. The first-order valence-corrected chi connectivity index (χ1v) is 4.24. The van der Waals surface area contributed by atoms with Gasteiger partial charge in [-0.2, -0.15) is 5.10 Å². The SMILES string of the molecule is O=C1C=NN(CC2CCOC2)C1. The van der Waals surface area contributed by atoms with Gasteiger partial charge in [0.2, 0.25) is 0 Å². The molecule has 1 fully saturated rings. The molecule has 0 radical (unpaired) electrons. The van der Waals surface area contributed by atoms with Crippen LogP contribution in [0, 0.1) is 5.92 Å². The molecular formula is C8H12N2O2. The molecule has 0 N–H and O–H groups in total. The van der Waals surface area contributed by atoms with Crippen molar-refractivity contribution >= 4 is 12.0 Å². The molecule has 2 aliphatic rings. The van der Waals surface area contributed by atoms with Crippen LogP contribution in [0.5, 0.6) is 0 Å². The Morgan fingerprint density at radius 2 is 2.67 bits per heavy atom. The Balaban J connectivity index is 1.79. The van der Waals surface area contributed by atoms with Gasteiger partial charge in [-0.3, -0.25) is 9.80 Å². The topological polar surface area (TPSA) is 41.9 Å². The minimum absolute atomic E-state index is 0.105. The molecule has 0 amide bonds. The van der Waals surface area contributed by atoms with Crippen LogP contribution in [0.2, 0.25) is 0 Å². The molecule has 0 aromatic carbocycles. The molecular weight excluding hydrogens is 156 g/mol. The minimum Gasteiger partial charge on any atom is -0.381 e. The average Bonchev–Trinajstić information content (AvgIpc) is 2.63. The third-order valence-corrected chi connectivity index (χ3v) is 2.20. The Morgan fingerprint density at radius 3 is 3.25 bits per heavy atom. The van der Waals surface area contributed by atoms with Crippen molar-refractivity contribution in [1.29, 1.82) is 0 Å². The molecule has 0 spiro atoms. The lowest BCUT2D eigenvalue weighted by Crippen LogP contribution is -2.25. The molecule has 0 aromatic heterocycles. The van der Waals surface area contributed by atoms with Crippen molar-refractivity contribution in [2.45, 2.75) is 6.42 Å². The smallest absolute Gasteiger partial charge is 0.196 e. The molecule has 2 aliphatic heterocycles. The number of ether oxygens (including phenoxy) is 1. The van der Waals surface area contributed by atoms with Gasteiger partial charge in [0.25, 0.3) is 0 Å². The maximum Gasteiger partial charge on any atom is 0.196 e. The zero-order valence-electron chi connectivity index (χ0n) is 6.90. The molecule has 0 aliphatic carbocycles. The number of carbonyl (C=O) groups is 1. The van der Waals surface area contributed by atoms with Gasteiger partial charge in [-0.05, 0) is 6.42 Å². The summed E-state index contributed by atoms with van der Waals surface area (Å²) in [6.45, 7) is 3.00. The third-order valence-electron chi connectivity index (χ3n) is 2.20. The molecule has 12 heavy (non-hydrogen) atoms. The van der Waals surface area contributed by atoms with Gasteiger partial charge < -0.3 is 4.74 Å². The van der Waals surface area contributed by atoms with Gasteiger partial charge in [-0.1, -0.05) is 0 Å². The van der Waals surface area contributed by atoms with Gasteiger partial charge in [0.1, 0.15) is 6.54 Å². The van der Waals surface area contributed by atoms with Crippen LogP contribution in [0.4, 0.5) is 0 Å². The fraction of sp³-hybridized carbons (Fsp3) is 0.750. The summed E-state index contributed by atoms with van der Waals surface area (Å²) in [5.41, 5.74) is 0. The zero-order valence-corrected chi connectivity index (χ0v) is 6.90. The zero-order chi connectivity index (χ0) is 8.39. The third kappa shape index (κ3) is 1.64. The predicted octanol–water partition coefficient (Wildman–Crippen LogP) is -0.107. The van der Waals surface area contributed by atoms with E-state index in [-0.39, 0.29) is 5.78 Å². The lowest BCUT2D eigenvalue weighted by atomic mass is 10.1. The molecule has 4 nitrogen and oxygen atoms in total. The predicted molar refractivity (Wildman–Crippen MR) is 44.0 cm³/mol. The number of Topliss-reactive ketones (excluding diaryl/α,β-unsaturated/α-hetero) is 1. The maximum atomic E-state index is 10.8. The largest absolute Gasteiger partial charge is 0.381 e. The van der Waals surface area contributed by atoms with Gasteiger partial charge in [0, 0.05) is 19.1 Å². The summed E-state index contributed by atoms with van der Waals surface area (Å²) in [5.74, 6) is 0.668. The highest BCUT2D eigenvalue weighted by Crippen LogP contribution is 2.14. The number of ketones is 1. The Hall–Kier alpha value is -0.900. The number of hydrazone groups is 1. The van der Waals surface area contributed by atoms with Crippen LogP contribution in [0.3, 0.4) is 0 Å². The lowest BCUT2D eigenvalue weighted by Gasteiger charge is -2.16. The highest BCUT2D eigenvalue weighted by atomic mass is 16.5. The molecule has 4 heteroatoms. The Labute approximate surface area is 71.2 Å². The van der Waals surface area contributed by atoms with E-state index in [0.717, 1.165) is 26.2 Å². The summed E-state index contributed by atoms with van der Waals surface area (Å²) < 4.78 is 5.23. The Kier molecular flexibility index (Phi) is 2.08. The minimum atomic E-state index is 0.105. The molecule has 0 saturated carbocycles. The lowest BCUT2D eigenvalue weighted by molar-refractivity contribution is -0.112. The Bertz CT molecular complexity index is 209. The number of rotatable bonds is 2. The Morgan fingerprint density at radius 1 is 1.75 bits per heavy atom. The van der Waals surface area contributed by atoms with Gasteiger partial charge in [-0.15, -0.1) is 0 Å². The van der Waals surface area contributed by atoms with Crippen LogP contribution in [0.15, 0.2) is 5.10 Å². The van der Waals surface area contributed by atoms with Gasteiger partial charge in [0.05, 0.1) is 12.8 Å². The van der Waals surface area contributed by atoms with Gasteiger partial charge >= 0.3 is 0 Å². The van der Waals surface area contributed by atoms with Crippen molar-refractivity contribution in [2.75, 3.05) is 26.3 Å². The summed E-state index contributed by atoms with van der Waals surface area (Å²) in [4.78, 5) is 10.8. The van der Waals surface area contributed by atoms with Crippen molar-refractivity contribution in [2.24, 2.45) is 11.0 Å². The molecule has 1 saturated heterocycles. The summed E-state index contributed by atoms with van der Waals surface area (Å²) >= 11 is 0. The van der Waals surface area contributed by atoms with Crippen molar-refractivity contribution in [3.63, 3.8) is 0 Å². The quantitative estimate of drug-likeness (QED) is 0.578. The summed E-state index contributed by atoms with van der Waals surface area (Å²) in [6.07, 6.45) is 2.50. The van der Waals surface area contributed by atoms with E-state index in [4.69, 9.17) is 4.74 Å². The second-order valence-corrected chi connectivity index (χ2v) is 3.29. The summed E-state index contributed by atoms with van der Waals surface area (Å²) in [6, 6.07) is 0. The van der Waals surface area contributed by atoms with E-state index in [1.165, 1.54) is 6.21 Å². The van der Waals surface area contributed by atoms with Crippen LogP contribution in [-0.4, -0.2) is 43.3 Å². The van der Waals surface area contributed by atoms with E-state index in [2.05, 4.69) is 5.10 Å². The number of carbonyl (C=O) groups excluding carboxylic acids is 1. The average molecular weight is 168 g/mol. The summed E-state index contributed by atoms with van der Waals surface area (Å²) in [7, 11) is 0. The second-order valence-electron chi connectivity index (χ2n) is 3.29. The normalized spacial score (nSPS) is 28.8.